The molecule has 0 bridgehead atoms. The Labute approximate surface area is 186 Å². The van der Waals surface area contributed by atoms with Crippen LogP contribution in [0, 0.1) is 0 Å². The largest absolute Gasteiger partial charge is 0.334 e. The van der Waals surface area contributed by atoms with Gasteiger partial charge in [-0.3, -0.25) is 14.6 Å². The van der Waals surface area contributed by atoms with E-state index in [0.29, 0.717) is 11.4 Å². The van der Waals surface area contributed by atoms with Crippen molar-refractivity contribution in [2.24, 2.45) is 5.10 Å². The maximum absolute atomic E-state index is 12.9. The third-order valence-corrected chi connectivity index (χ3v) is 6.01. The minimum atomic E-state index is -0.465. The van der Waals surface area contributed by atoms with Gasteiger partial charge >= 0.3 is 0 Å². The zero-order valence-electron chi connectivity index (χ0n) is 18.0. The van der Waals surface area contributed by atoms with Crippen LogP contribution in [0.4, 0.5) is 11.4 Å². The van der Waals surface area contributed by atoms with Crippen LogP contribution in [0.3, 0.4) is 0 Å². The van der Waals surface area contributed by atoms with Crippen LogP contribution in [0.15, 0.2) is 65.9 Å². The molecule has 0 radical (unpaired) electrons. The Morgan fingerprint density at radius 2 is 1.81 bits per heavy atom. The number of hydrazone groups is 1. The predicted molar refractivity (Wildman–Crippen MR) is 125 cm³/mol. The number of ketones is 1. The van der Waals surface area contributed by atoms with Crippen LogP contribution < -0.4 is 10.3 Å². The summed E-state index contributed by atoms with van der Waals surface area (Å²) >= 11 is 0. The second-order valence-electron chi connectivity index (χ2n) is 8.28. The summed E-state index contributed by atoms with van der Waals surface area (Å²) in [5, 5.41) is 9.01. The minimum Gasteiger partial charge on any atom is -0.334 e. The molecular formula is C25H25N5O2. The van der Waals surface area contributed by atoms with E-state index in [4.69, 9.17) is 4.98 Å². The first-order valence-corrected chi connectivity index (χ1v) is 11.0. The molecule has 0 saturated carbocycles. The van der Waals surface area contributed by atoms with E-state index in [2.05, 4.69) is 21.2 Å². The maximum atomic E-state index is 12.9. The maximum Gasteiger partial charge on any atom is 0.271 e. The van der Waals surface area contributed by atoms with Crippen LogP contribution in [0.2, 0.25) is 0 Å². The Bertz CT molecular complexity index is 1160. The molecule has 7 heteroatoms. The molecule has 2 aliphatic rings. The molecule has 32 heavy (non-hydrogen) atoms. The van der Waals surface area contributed by atoms with Gasteiger partial charge in [0.05, 0.1) is 11.4 Å². The number of rotatable bonds is 5. The van der Waals surface area contributed by atoms with Gasteiger partial charge in [0.1, 0.15) is 17.6 Å². The number of aryl methyl sites for hydroxylation is 2. The molecule has 2 aromatic carbocycles. The lowest BCUT2D eigenvalue weighted by Gasteiger charge is -2.20. The monoisotopic (exact) mass is 427 g/mol. The van der Waals surface area contributed by atoms with Gasteiger partial charge in [-0.2, -0.15) is 5.10 Å². The molecule has 162 valence electrons. The van der Waals surface area contributed by atoms with E-state index in [1.807, 2.05) is 54.6 Å². The number of fused-ring (bicyclic) bond motifs is 1. The highest BCUT2D eigenvalue weighted by Gasteiger charge is 2.34. The fourth-order valence-corrected chi connectivity index (χ4v) is 4.26. The fourth-order valence-electron chi connectivity index (χ4n) is 4.26. The third kappa shape index (κ3) is 3.93. The number of anilines is 2. The van der Waals surface area contributed by atoms with Crippen LogP contribution in [0.5, 0.6) is 0 Å². The summed E-state index contributed by atoms with van der Waals surface area (Å²) in [6, 6.07) is 16.7. The quantitative estimate of drug-likeness (QED) is 0.666. The van der Waals surface area contributed by atoms with Crippen molar-refractivity contribution >= 4 is 28.8 Å². The zero-order valence-corrected chi connectivity index (χ0v) is 18.0. The zero-order chi connectivity index (χ0) is 22.1. The molecule has 1 aromatic heterocycles. The van der Waals surface area contributed by atoms with Crippen molar-refractivity contribution in [3.63, 3.8) is 0 Å². The molecule has 3 aromatic rings. The lowest BCUT2D eigenvalue weighted by atomic mass is 10.1. The summed E-state index contributed by atoms with van der Waals surface area (Å²) < 4.78 is 2.23. The van der Waals surface area contributed by atoms with E-state index < -0.39 is 6.04 Å². The molecule has 0 fully saturated rings. The van der Waals surface area contributed by atoms with E-state index in [9.17, 15) is 9.59 Å². The van der Waals surface area contributed by atoms with Crippen molar-refractivity contribution in [3.05, 3.63) is 66.6 Å². The van der Waals surface area contributed by atoms with Crippen LogP contribution in [0.25, 0.3) is 11.3 Å². The van der Waals surface area contributed by atoms with E-state index in [1.54, 1.807) is 5.01 Å². The average Bonchev–Trinajstić information content (AvgIpc) is 3.45. The van der Waals surface area contributed by atoms with Crippen LogP contribution in [0.1, 0.15) is 32.0 Å². The summed E-state index contributed by atoms with van der Waals surface area (Å²) in [5.74, 6) is 0.832. The molecular weight excluding hydrogens is 402 g/mol. The molecule has 1 amide bonds. The van der Waals surface area contributed by atoms with E-state index in [1.165, 1.54) is 19.8 Å². The molecule has 0 aliphatic carbocycles. The number of imidazole rings is 1. The Kier molecular flexibility index (Phi) is 5.31. The Hall–Kier alpha value is -3.74. The molecule has 2 aliphatic heterocycles. The third-order valence-electron chi connectivity index (χ3n) is 6.01. The Balaban J connectivity index is 1.30. The standard InChI is InChI=1S/C25H25N5O2/c1-17(31)23-15-21(28-30(23)20-7-3-2-4-8-20)25(32)26-19-12-10-18(11-13-19)22-16-29-14-6-5-9-24(29)27-22/h2-4,7-8,10-13,16,23H,5-6,9,14-15H2,1H3,(H,26,32). The molecule has 0 spiro atoms. The highest BCUT2D eigenvalue weighted by Crippen LogP contribution is 2.26. The summed E-state index contributed by atoms with van der Waals surface area (Å²) in [4.78, 5) is 29.8. The van der Waals surface area contributed by atoms with E-state index in [0.717, 1.165) is 35.7 Å². The van der Waals surface area contributed by atoms with Crippen molar-refractivity contribution in [1.29, 1.82) is 0 Å². The number of benzene rings is 2. The summed E-state index contributed by atoms with van der Waals surface area (Å²) in [6.45, 7) is 2.56. The van der Waals surface area contributed by atoms with Gasteiger partial charge in [-0.25, -0.2) is 4.98 Å². The van der Waals surface area contributed by atoms with Gasteiger partial charge in [0.15, 0.2) is 5.78 Å². The Morgan fingerprint density at radius 1 is 1.03 bits per heavy atom. The topological polar surface area (TPSA) is 79.6 Å². The molecule has 0 saturated heterocycles. The van der Waals surface area contributed by atoms with Crippen molar-refractivity contribution in [2.75, 3.05) is 10.3 Å². The average molecular weight is 428 g/mol. The number of hydrogen-bond acceptors (Lipinski definition) is 5. The fraction of sp³-hybridized carbons (Fsp3) is 0.280. The van der Waals surface area contributed by atoms with Gasteiger partial charge in [-0.05, 0) is 44.0 Å². The molecule has 1 atom stereocenters. The van der Waals surface area contributed by atoms with Crippen LogP contribution in [-0.4, -0.2) is 33.0 Å². The van der Waals surface area contributed by atoms with Crippen molar-refractivity contribution in [3.8, 4) is 11.3 Å². The summed E-state index contributed by atoms with van der Waals surface area (Å²) in [7, 11) is 0. The first-order chi connectivity index (χ1) is 15.6. The number of nitrogens with zero attached hydrogens (tertiary/aromatic N) is 4. The van der Waals surface area contributed by atoms with E-state index >= 15 is 0 Å². The molecule has 5 rings (SSSR count). The number of amides is 1. The van der Waals surface area contributed by atoms with E-state index in [-0.39, 0.29) is 18.1 Å². The first kappa shape index (κ1) is 20.2. The van der Waals surface area contributed by atoms with Crippen LogP contribution in [-0.2, 0) is 22.6 Å². The SMILES string of the molecule is CC(=O)C1CC(C(=O)Nc2ccc(-c3cn4c(n3)CCCC4)cc2)=NN1c1ccccc1. The van der Waals surface area contributed by atoms with Gasteiger partial charge in [0.2, 0.25) is 0 Å². The molecule has 1 N–H and O–H groups in total. The molecule has 7 nitrogen and oxygen atoms in total. The number of Topliss-reactive ketones (excluding diaryl/α,β-unsaturated/α-hetero) is 1. The molecule has 3 heterocycles. The van der Waals surface area contributed by atoms with Crippen molar-refractivity contribution in [1.82, 2.24) is 9.55 Å². The van der Waals surface area contributed by atoms with Gasteiger partial charge < -0.3 is 9.88 Å². The highest BCUT2D eigenvalue weighted by atomic mass is 16.2. The van der Waals surface area contributed by atoms with Crippen molar-refractivity contribution in [2.45, 2.75) is 45.2 Å². The summed E-state index contributed by atoms with van der Waals surface area (Å²) in [5.41, 5.74) is 3.81. The second-order valence-corrected chi connectivity index (χ2v) is 8.28. The second kappa shape index (κ2) is 8.42. The lowest BCUT2D eigenvalue weighted by Crippen LogP contribution is -2.33. The highest BCUT2D eigenvalue weighted by molar-refractivity contribution is 6.44. The number of hydrogen-bond donors (Lipinski definition) is 1. The number of carbonyl (C=O) groups excluding carboxylic acids is 2. The predicted octanol–water partition coefficient (Wildman–Crippen LogP) is 4.05. The smallest absolute Gasteiger partial charge is 0.271 e. The lowest BCUT2D eigenvalue weighted by molar-refractivity contribution is -0.118. The number of nitrogens with one attached hydrogen (secondary N) is 1. The number of aromatic nitrogens is 2. The van der Waals surface area contributed by atoms with Gasteiger partial charge in [-0.1, -0.05) is 30.3 Å². The van der Waals surface area contributed by atoms with Gasteiger partial charge in [-0.15, -0.1) is 0 Å². The minimum absolute atomic E-state index is 0.0208. The summed E-state index contributed by atoms with van der Waals surface area (Å²) in [6.07, 6.45) is 5.81. The van der Waals surface area contributed by atoms with Crippen LogP contribution >= 0.6 is 0 Å². The van der Waals surface area contributed by atoms with Gasteiger partial charge in [0.25, 0.3) is 5.91 Å². The molecule has 1 unspecified atom stereocenters. The van der Waals surface area contributed by atoms with Crippen molar-refractivity contribution < 1.29 is 9.59 Å². The van der Waals surface area contributed by atoms with Gasteiger partial charge in [0, 0.05) is 36.8 Å². The normalized spacial score (nSPS) is 17.6. The number of carbonyl (C=O) groups is 2. The Morgan fingerprint density at radius 3 is 2.53 bits per heavy atom. The number of para-hydroxylation sites is 1. The first-order valence-electron chi connectivity index (χ1n) is 11.0.